The van der Waals surface area contributed by atoms with Gasteiger partial charge in [0.2, 0.25) is 5.91 Å². The molecule has 0 saturated carbocycles. The molecule has 0 aliphatic carbocycles. The largest absolute Gasteiger partial charge is 0.378 e. The monoisotopic (exact) mass is 480 g/mol. The zero-order valence-electron chi connectivity index (χ0n) is 17.8. The minimum atomic E-state index is -0.354. The van der Waals surface area contributed by atoms with Crippen LogP contribution in [0, 0.1) is 5.92 Å². The Kier molecular flexibility index (Phi) is 5.12. The summed E-state index contributed by atoms with van der Waals surface area (Å²) in [6, 6.07) is 4.08. The highest BCUT2D eigenvalue weighted by Gasteiger charge is 2.51. The van der Waals surface area contributed by atoms with Gasteiger partial charge in [-0.05, 0) is 11.6 Å². The minimum absolute atomic E-state index is 0.0645. The van der Waals surface area contributed by atoms with Crippen LogP contribution in [0.2, 0.25) is 10.2 Å². The number of amides is 1. The van der Waals surface area contributed by atoms with E-state index in [1.807, 2.05) is 24.1 Å². The van der Waals surface area contributed by atoms with Crippen LogP contribution in [0.4, 0.5) is 0 Å². The van der Waals surface area contributed by atoms with Crippen LogP contribution in [0.1, 0.15) is 11.6 Å². The van der Waals surface area contributed by atoms with Crippen molar-refractivity contribution >= 4 is 40.0 Å². The molecule has 172 valence electrons. The van der Waals surface area contributed by atoms with Crippen molar-refractivity contribution in [1.82, 2.24) is 41.1 Å². The smallest absolute Gasteiger partial charge is 0.232 e. The van der Waals surface area contributed by atoms with Gasteiger partial charge in [0, 0.05) is 39.3 Å². The molecular weight excluding hydrogens is 455 g/mol. The first-order valence-electron chi connectivity index (χ1n) is 10.8. The van der Waals surface area contributed by atoms with E-state index >= 15 is 0 Å². The van der Waals surface area contributed by atoms with Gasteiger partial charge in [0.1, 0.15) is 11.4 Å². The van der Waals surface area contributed by atoms with Crippen LogP contribution < -0.4 is 21.5 Å². The maximum Gasteiger partial charge on any atom is 0.232 e. The number of aryl methyl sites for hydroxylation is 1. The number of halogens is 2. The lowest BCUT2D eigenvalue weighted by Crippen LogP contribution is -2.73. The van der Waals surface area contributed by atoms with Crippen molar-refractivity contribution in [2.45, 2.75) is 30.6 Å². The van der Waals surface area contributed by atoms with Crippen molar-refractivity contribution in [1.29, 1.82) is 0 Å². The molecule has 0 spiro atoms. The van der Waals surface area contributed by atoms with Gasteiger partial charge in [-0.25, -0.2) is 10.9 Å². The van der Waals surface area contributed by atoms with Crippen LogP contribution in [0.15, 0.2) is 12.1 Å². The summed E-state index contributed by atoms with van der Waals surface area (Å²) in [5, 5.41) is 13.3. The topological polar surface area (TPSA) is 98.7 Å². The molecular formula is C20H26Cl2N8O2. The normalized spacial score (nSPS) is 35.5. The Morgan fingerprint density at radius 1 is 1.09 bits per heavy atom. The summed E-state index contributed by atoms with van der Waals surface area (Å²) in [5.41, 5.74) is 8.13. The lowest BCUT2D eigenvalue weighted by Gasteiger charge is -2.50. The SMILES string of the molecule is CN1C(=O)C2C(NNC2c2ccc3nn(C)c(Cl)c3c2Cl)NC1N1CC2COCC(C1)N2. The van der Waals surface area contributed by atoms with E-state index < -0.39 is 0 Å². The highest BCUT2D eigenvalue weighted by atomic mass is 35.5. The number of aromatic nitrogens is 2. The van der Waals surface area contributed by atoms with Crippen LogP contribution in [-0.4, -0.2) is 83.4 Å². The predicted octanol–water partition coefficient (Wildman–Crippen LogP) is -0.0109. The van der Waals surface area contributed by atoms with E-state index in [0.29, 0.717) is 28.8 Å². The average Bonchev–Trinajstić information content (AvgIpc) is 3.32. The maximum atomic E-state index is 13.6. The Hall–Kier alpha value is -1.50. The molecule has 4 saturated heterocycles. The second-order valence-electron chi connectivity index (χ2n) is 9.09. The van der Waals surface area contributed by atoms with Gasteiger partial charge in [-0.3, -0.25) is 19.7 Å². The maximum absolute atomic E-state index is 13.6. The third kappa shape index (κ3) is 3.17. The van der Waals surface area contributed by atoms with Crippen molar-refractivity contribution in [2.24, 2.45) is 13.0 Å². The van der Waals surface area contributed by atoms with E-state index in [0.717, 1.165) is 24.2 Å². The summed E-state index contributed by atoms with van der Waals surface area (Å²) in [6.45, 7) is 3.04. The lowest BCUT2D eigenvalue weighted by atomic mass is 9.89. The number of nitrogens with zero attached hydrogens (tertiary/aromatic N) is 4. The summed E-state index contributed by atoms with van der Waals surface area (Å²) in [6.07, 6.45) is -0.413. The Morgan fingerprint density at radius 2 is 1.84 bits per heavy atom. The molecule has 32 heavy (non-hydrogen) atoms. The van der Waals surface area contributed by atoms with Crippen LogP contribution in [0.5, 0.6) is 0 Å². The fourth-order valence-corrected chi connectivity index (χ4v) is 6.18. The molecule has 5 heterocycles. The summed E-state index contributed by atoms with van der Waals surface area (Å²) >= 11 is 13.2. The van der Waals surface area contributed by atoms with Crippen molar-refractivity contribution in [3.63, 3.8) is 0 Å². The molecule has 2 bridgehead atoms. The number of hydrazine groups is 1. The Morgan fingerprint density at radius 3 is 2.59 bits per heavy atom. The first-order chi connectivity index (χ1) is 15.4. The van der Waals surface area contributed by atoms with E-state index in [2.05, 4.69) is 31.5 Å². The van der Waals surface area contributed by atoms with Crippen molar-refractivity contribution in [3.8, 4) is 0 Å². The zero-order chi connectivity index (χ0) is 22.1. The number of nitrogens with one attached hydrogen (secondary N) is 4. The zero-order valence-corrected chi connectivity index (χ0v) is 19.3. The first kappa shape index (κ1) is 21.1. The van der Waals surface area contributed by atoms with Gasteiger partial charge in [-0.2, -0.15) is 5.10 Å². The Balaban J connectivity index is 1.28. The Bertz CT molecular complexity index is 1070. The van der Waals surface area contributed by atoms with E-state index in [9.17, 15) is 4.79 Å². The second-order valence-corrected chi connectivity index (χ2v) is 9.82. The fourth-order valence-electron chi connectivity index (χ4n) is 5.53. The number of piperazine rings is 1. The van der Waals surface area contributed by atoms with Gasteiger partial charge in [0.15, 0.2) is 0 Å². The van der Waals surface area contributed by atoms with E-state index in [-0.39, 0.29) is 42.4 Å². The van der Waals surface area contributed by atoms with Gasteiger partial charge >= 0.3 is 0 Å². The standard InChI is InChI=1S/C20H26Cl2N8O2/c1-28-19(31)14-16(11-3-4-12-13(15(11)21)17(22)29(2)27-12)25-26-18(14)24-20(28)30-5-9-7-32-8-10(6-30)23-9/h3-4,9-10,14,16,18,20,23-26H,5-8H2,1-2H3. The van der Waals surface area contributed by atoms with Gasteiger partial charge in [-0.1, -0.05) is 29.3 Å². The van der Waals surface area contributed by atoms with Crippen LogP contribution in [-0.2, 0) is 16.6 Å². The number of hydrogen-bond acceptors (Lipinski definition) is 8. The highest BCUT2D eigenvalue weighted by molar-refractivity contribution is 6.42. The molecule has 10 nitrogen and oxygen atoms in total. The van der Waals surface area contributed by atoms with Crippen LogP contribution >= 0.6 is 23.2 Å². The molecule has 6 rings (SSSR count). The quantitative estimate of drug-likeness (QED) is 0.476. The number of benzene rings is 1. The van der Waals surface area contributed by atoms with Gasteiger partial charge in [0.25, 0.3) is 0 Å². The van der Waals surface area contributed by atoms with E-state index in [1.165, 1.54) is 0 Å². The molecule has 2 aromatic rings. The molecule has 0 radical (unpaired) electrons. The van der Waals surface area contributed by atoms with Gasteiger partial charge in [-0.15, -0.1) is 0 Å². The number of carbonyl (C=O) groups is 1. The summed E-state index contributed by atoms with van der Waals surface area (Å²) in [5.74, 6) is -0.290. The summed E-state index contributed by atoms with van der Waals surface area (Å²) < 4.78 is 7.27. The summed E-state index contributed by atoms with van der Waals surface area (Å²) in [7, 11) is 3.65. The fraction of sp³-hybridized carbons (Fsp3) is 0.600. The molecule has 6 atom stereocenters. The first-order valence-corrected chi connectivity index (χ1v) is 11.6. The third-order valence-corrected chi connectivity index (χ3v) is 7.88. The highest BCUT2D eigenvalue weighted by Crippen LogP contribution is 2.40. The van der Waals surface area contributed by atoms with E-state index in [4.69, 9.17) is 27.9 Å². The van der Waals surface area contributed by atoms with Crippen molar-refractivity contribution < 1.29 is 9.53 Å². The molecule has 4 fully saturated rings. The molecule has 1 aromatic heterocycles. The Labute approximate surface area is 195 Å². The molecule has 4 aliphatic rings. The average molecular weight is 481 g/mol. The van der Waals surface area contributed by atoms with Crippen LogP contribution in [0.25, 0.3) is 10.9 Å². The third-order valence-electron chi connectivity index (χ3n) is 7.04. The molecule has 12 heteroatoms. The van der Waals surface area contributed by atoms with Gasteiger partial charge in [0.05, 0.1) is 47.3 Å². The van der Waals surface area contributed by atoms with Crippen molar-refractivity contribution in [3.05, 3.63) is 27.9 Å². The number of carbonyl (C=O) groups excluding carboxylic acids is 1. The van der Waals surface area contributed by atoms with Gasteiger partial charge < -0.3 is 15.0 Å². The number of ether oxygens (including phenoxy) is 1. The second kappa shape index (κ2) is 7.78. The molecule has 4 N–H and O–H groups in total. The minimum Gasteiger partial charge on any atom is -0.378 e. The number of morpholine rings is 1. The molecule has 4 aliphatic heterocycles. The number of hydrogen-bond donors (Lipinski definition) is 4. The predicted molar refractivity (Wildman–Crippen MR) is 120 cm³/mol. The molecule has 1 aromatic carbocycles. The summed E-state index contributed by atoms with van der Waals surface area (Å²) in [4.78, 5) is 17.7. The number of rotatable bonds is 2. The van der Waals surface area contributed by atoms with E-state index in [1.54, 1.807) is 11.7 Å². The number of fused-ring (bicyclic) bond motifs is 4. The van der Waals surface area contributed by atoms with Crippen molar-refractivity contribution in [2.75, 3.05) is 33.4 Å². The molecule has 1 amide bonds. The lowest BCUT2D eigenvalue weighted by molar-refractivity contribution is -0.153. The van der Waals surface area contributed by atoms with Crippen LogP contribution in [0.3, 0.4) is 0 Å². The molecule has 6 unspecified atom stereocenters.